The van der Waals surface area contributed by atoms with Gasteiger partial charge in [0.2, 0.25) is 5.88 Å². The Morgan fingerprint density at radius 3 is 2.73 bits per heavy atom. The van der Waals surface area contributed by atoms with Gasteiger partial charge in [-0.25, -0.2) is 4.98 Å². The monoisotopic (exact) mass is 348 g/mol. The van der Waals surface area contributed by atoms with E-state index in [0.717, 1.165) is 5.56 Å². The van der Waals surface area contributed by atoms with Gasteiger partial charge >= 0.3 is 0 Å². The van der Waals surface area contributed by atoms with Crippen molar-refractivity contribution in [2.45, 2.75) is 12.5 Å². The highest BCUT2D eigenvalue weighted by atomic mass is 16.5. The maximum absolute atomic E-state index is 13.0. The first-order valence-electron chi connectivity index (χ1n) is 8.51. The van der Waals surface area contributed by atoms with E-state index in [4.69, 9.17) is 4.74 Å². The van der Waals surface area contributed by atoms with E-state index in [1.165, 1.54) is 11.1 Å². The molecule has 0 fully saturated rings. The van der Waals surface area contributed by atoms with Gasteiger partial charge in [0, 0.05) is 44.5 Å². The first-order valence-corrected chi connectivity index (χ1v) is 8.51. The summed E-state index contributed by atoms with van der Waals surface area (Å²) in [5.74, 6) is 0.589. The SMILES string of the molecule is COc1ccc(C(=O)N2Cc3ccccc3C(c3cnn(C)c3)C2)cn1. The number of aromatic nitrogens is 3. The van der Waals surface area contributed by atoms with Crippen LogP contribution in [-0.2, 0) is 13.6 Å². The third-order valence-electron chi connectivity index (χ3n) is 4.80. The quantitative estimate of drug-likeness (QED) is 0.730. The summed E-state index contributed by atoms with van der Waals surface area (Å²) in [6.07, 6.45) is 5.47. The number of carbonyl (C=O) groups is 1. The zero-order valence-corrected chi connectivity index (χ0v) is 14.8. The van der Waals surface area contributed by atoms with Gasteiger partial charge in [0.15, 0.2) is 0 Å². The van der Waals surface area contributed by atoms with Crippen molar-refractivity contribution in [3.63, 3.8) is 0 Å². The topological polar surface area (TPSA) is 60.2 Å². The summed E-state index contributed by atoms with van der Waals surface area (Å²) < 4.78 is 6.87. The Labute approximate surface area is 152 Å². The van der Waals surface area contributed by atoms with Gasteiger partial charge < -0.3 is 9.64 Å². The number of pyridine rings is 1. The molecule has 0 N–H and O–H groups in total. The summed E-state index contributed by atoms with van der Waals surface area (Å²) in [6.45, 7) is 1.21. The van der Waals surface area contributed by atoms with E-state index in [-0.39, 0.29) is 11.8 Å². The molecular formula is C20H20N4O2. The second-order valence-electron chi connectivity index (χ2n) is 6.47. The van der Waals surface area contributed by atoms with Gasteiger partial charge in [0.05, 0.1) is 18.9 Å². The molecule has 3 aromatic rings. The minimum Gasteiger partial charge on any atom is -0.481 e. The summed E-state index contributed by atoms with van der Waals surface area (Å²) in [5.41, 5.74) is 4.11. The number of ether oxygens (including phenoxy) is 1. The Kier molecular flexibility index (Phi) is 4.16. The second kappa shape index (κ2) is 6.63. The van der Waals surface area contributed by atoms with Gasteiger partial charge in [-0.15, -0.1) is 0 Å². The van der Waals surface area contributed by atoms with Crippen molar-refractivity contribution in [2.75, 3.05) is 13.7 Å². The van der Waals surface area contributed by atoms with E-state index in [9.17, 15) is 4.79 Å². The van der Waals surface area contributed by atoms with Crippen molar-refractivity contribution in [3.8, 4) is 5.88 Å². The van der Waals surface area contributed by atoms with Gasteiger partial charge in [-0.3, -0.25) is 9.48 Å². The first kappa shape index (κ1) is 16.3. The van der Waals surface area contributed by atoms with E-state index in [2.05, 4.69) is 22.2 Å². The number of hydrogen-bond donors (Lipinski definition) is 0. The van der Waals surface area contributed by atoms with Gasteiger partial charge in [-0.05, 0) is 22.8 Å². The maximum Gasteiger partial charge on any atom is 0.255 e. The first-order chi connectivity index (χ1) is 12.7. The van der Waals surface area contributed by atoms with Gasteiger partial charge in [-0.1, -0.05) is 24.3 Å². The number of benzene rings is 1. The highest BCUT2D eigenvalue weighted by Crippen LogP contribution is 2.33. The van der Waals surface area contributed by atoms with Crippen LogP contribution < -0.4 is 4.74 Å². The lowest BCUT2D eigenvalue weighted by atomic mass is 9.86. The molecule has 0 radical (unpaired) electrons. The number of rotatable bonds is 3. The Balaban J connectivity index is 1.67. The summed E-state index contributed by atoms with van der Waals surface area (Å²) in [4.78, 5) is 19.0. The van der Waals surface area contributed by atoms with Crippen LogP contribution in [0.25, 0.3) is 0 Å². The van der Waals surface area contributed by atoms with E-state index in [1.807, 2.05) is 36.5 Å². The Morgan fingerprint density at radius 2 is 2.04 bits per heavy atom. The van der Waals surface area contributed by atoms with Crippen LogP contribution in [0.2, 0.25) is 0 Å². The minimum absolute atomic E-state index is 0.0245. The van der Waals surface area contributed by atoms with E-state index >= 15 is 0 Å². The van der Waals surface area contributed by atoms with E-state index < -0.39 is 0 Å². The van der Waals surface area contributed by atoms with Crippen molar-refractivity contribution < 1.29 is 9.53 Å². The molecule has 0 bridgehead atoms. The van der Waals surface area contributed by atoms with Crippen LogP contribution in [-0.4, -0.2) is 39.2 Å². The molecule has 1 unspecified atom stereocenters. The molecule has 3 heterocycles. The van der Waals surface area contributed by atoms with Crippen LogP contribution in [0, 0.1) is 0 Å². The lowest BCUT2D eigenvalue weighted by molar-refractivity contribution is 0.0724. The molecule has 6 heteroatoms. The summed E-state index contributed by atoms with van der Waals surface area (Å²) in [5, 5.41) is 4.30. The molecule has 26 heavy (non-hydrogen) atoms. The number of nitrogens with zero attached hydrogens (tertiary/aromatic N) is 4. The fourth-order valence-corrected chi connectivity index (χ4v) is 3.48. The molecule has 0 saturated heterocycles. The number of carbonyl (C=O) groups excluding carboxylic acids is 1. The van der Waals surface area contributed by atoms with Crippen LogP contribution >= 0.6 is 0 Å². The summed E-state index contributed by atoms with van der Waals surface area (Å²) in [6, 6.07) is 11.8. The lowest BCUT2D eigenvalue weighted by Crippen LogP contribution is -2.38. The molecule has 1 amide bonds. The molecule has 1 aromatic carbocycles. The molecular weight excluding hydrogens is 328 g/mol. The Hall–Kier alpha value is -3.15. The molecule has 2 aromatic heterocycles. The smallest absolute Gasteiger partial charge is 0.255 e. The molecule has 1 aliphatic rings. The van der Waals surface area contributed by atoms with E-state index in [0.29, 0.717) is 24.5 Å². The average Bonchev–Trinajstić information content (AvgIpc) is 3.12. The minimum atomic E-state index is -0.0245. The van der Waals surface area contributed by atoms with Crippen molar-refractivity contribution in [3.05, 3.63) is 77.2 Å². The molecule has 132 valence electrons. The van der Waals surface area contributed by atoms with Crippen molar-refractivity contribution in [1.29, 1.82) is 0 Å². The van der Waals surface area contributed by atoms with Crippen LogP contribution in [0.3, 0.4) is 0 Å². The number of fused-ring (bicyclic) bond motifs is 1. The molecule has 1 aliphatic heterocycles. The molecule has 0 saturated carbocycles. The zero-order valence-electron chi connectivity index (χ0n) is 14.8. The van der Waals surface area contributed by atoms with Crippen molar-refractivity contribution in [2.24, 2.45) is 7.05 Å². The predicted octanol–water partition coefficient (Wildman–Crippen LogP) is 2.61. The summed E-state index contributed by atoms with van der Waals surface area (Å²) >= 11 is 0. The van der Waals surface area contributed by atoms with Crippen LogP contribution in [0.15, 0.2) is 55.0 Å². The maximum atomic E-state index is 13.0. The molecule has 0 aliphatic carbocycles. The predicted molar refractivity (Wildman–Crippen MR) is 97.0 cm³/mol. The standard InChI is InChI=1S/C20H20N4O2/c1-23-11-16(10-22-23)18-13-24(12-15-5-3-4-6-17(15)18)20(25)14-7-8-19(26-2)21-9-14/h3-11,18H,12-13H2,1-2H3. The Morgan fingerprint density at radius 1 is 1.19 bits per heavy atom. The number of aryl methyl sites for hydroxylation is 1. The molecule has 4 rings (SSSR count). The van der Waals surface area contributed by atoms with Crippen LogP contribution in [0.1, 0.15) is 33.0 Å². The number of amides is 1. The van der Waals surface area contributed by atoms with E-state index in [1.54, 1.807) is 30.1 Å². The second-order valence-corrected chi connectivity index (χ2v) is 6.47. The fraction of sp³-hybridized carbons (Fsp3) is 0.250. The summed E-state index contributed by atoms with van der Waals surface area (Å²) in [7, 11) is 3.47. The Bertz CT molecular complexity index is 933. The number of methoxy groups -OCH3 is 1. The van der Waals surface area contributed by atoms with Gasteiger partial charge in [0.25, 0.3) is 5.91 Å². The third-order valence-corrected chi connectivity index (χ3v) is 4.80. The number of hydrogen-bond acceptors (Lipinski definition) is 4. The zero-order chi connectivity index (χ0) is 18.1. The highest BCUT2D eigenvalue weighted by Gasteiger charge is 2.30. The fourth-order valence-electron chi connectivity index (χ4n) is 3.48. The average molecular weight is 348 g/mol. The van der Waals surface area contributed by atoms with Crippen molar-refractivity contribution >= 4 is 5.91 Å². The molecule has 1 atom stereocenters. The highest BCUT2D eigenvalue weighted by molar-refractivity contribution is 5.94. The third kappa shape index (κ3) is 2.94. The van der Waals surface area contributed by atoms with Crippen LogP contribution in [0.4, 0.5) is 0 Å². The van der Waals surface area contributed by atoms with Crippen molar-refractivity contribution in [1.82, 2.24) is 19.7 Å². The van der Waals surface area contributed by atoms with Gasteiger partial charge in [-0.2, -0.15) is 5.10 Å². The molecule has 6 nitrogen and oxygen atoms in total. The largest absolute Gasteiger partial charge is 0.481 e. The van der Waals surface area contributed by atoms with Crippen LogP contribution in [0.5, 0.6) is 5.88 Å². The van der Waals surface area contributed by atoms with Gasteiger partial charge in [0.1, 0.15) is 0 Å². The lowest BCUT2D eigenvalue weighted by Gasteiger charge is -2.34. The normalized spacial score (nSPS) is 16.2. The molecule has 0 spiro atoms.